The second-order valence-corrected chi connectivity index (χ2v) is 6.96. The minimum Gasteiger partial charge on any atom is -0.384 e. The molecule has 0 bridgehead atoms. The highest BCUT2D eigenvalue weighted by molar-refractivity contribution is 7.89. The maximum absolute atomic E-state index is 12.6. The Labute approximate surface area is 120 Å². The van der Waals surface area contributed by atoms with Gasteiger partial charge >= 0.3 is 0 Å². The second kappa shape index (κ2) is 6.07. The van der Waals surface area contributed by atoms with Crippen LogP contribution in [-0.2, 0) is 14.8 Å². The van der Waals surface area contributed by atoms with Gasteiger partial charge in [0.05, 0.1) is 24.1 Å². The summed E-state index contributed by atoms with van der Waals surface area (Å²) >= 11 is 0. The predicted octanol–water partition coefficient (Wildman–Crippen LogP) is 1.31. The van der Waals surface area contributed by atoms with Crippen molar-refractivity contribution in [3.8, 4) is 0 Å². The van der Waals surface area contributed by atoms with E-state index >= 15 is 0 Å². The Morgan fingerprint density at radius 2 is 2.00 bits per heavy atom. The van der Waals surface area contributed by atoms with Gasteiger partial charge in [-0.25, -0.2) is 8.42 Å². The lowest BCUT2D eigenvalue weighted by atomic mass is 10.3. The topological polar surface area (TPSA) is 71.5 Å². The van der Waals surface area contributed by atoms with Crippen LogP contribution in [0, 0.1) is 0 Å². The van der Waals surface area contributed by atoms with E-state index < -0.39 is 10.0 Å². The van der Waals surface area contributed by atoms with Crippen molar-refractivity contribution in [2.24, 2.45) is 0 Å². The maximum atomic E-state index is 12.6. The van der Waals surface area contributed by atoms with E-state index in [-0.39, 0.29) is 17.1 Å². The molecular formula is C13H21N3O3S. The largest absolute Gasteiger partial charge is 0.384 e. The number of pyridine rings is 1. The third-order valence-electron chi connectivity index (χ3n) is 3.12. The number of hydrogen-bond acceptors (Lipinski definition) is 5. The highest BCUT2D eigenvalue weighted by Gasteiger charge is 2.32. The smallest absolute Gasteiger partial charge is 0.244 e. The summed E-state index contributed by atoms with van der Waals surface area (Å²) in [7, 11) is -3.52. The van der Waals surface area contributed by atoms with Crippen LogP contribution < -0.4 is 5.32 Å². The number of aromatic nitrogens is 1. The standard InChI is InChI=1S/C13H21N3O3S/c1-4-15-12-5-13(7-14-6-12)20(17,18)16-8-10(2)19-11(3)9-16/h5-7,10-11,15H,4,8-9H2,1-3H3. The van der Waals surface area contributed by atoms with Gasteiger partial charge in [-0.3, -0.25) is 4.98 Å². The molecule has 0 aliphatic carbocycles. The molecule has 20 heavy (non-hydrogen) atoms. The monoisotopic (exact) mass is 299 g/mol. The van der Waals surface area contributed by atoms with Crippen molar-refractivity contribution in [1.29, 1.82) is 0 Å². The average Bonchev–Trinajstić information content (AvgIpc) is 2.38. The number of morpholine rings is 1. The van der Waals surface area contributed by atoms with Crippen LogP contribution in [0.2, 0.25) is 0 Å². The van der Waals surface area contributed by atoms with Gasteiger partial charge in [-0.2, -0.15) is 4.31 Å². The average molecular weight is 299 g/mol. The Morgan fingerprint density at radius 1 is 1.35 bits per heavy atom. The highest BCUT2D eigenvalue weighted by atomic mass is 32.2. The summed E-state index contributed by atoms with van der Waals surface area (Å²) in [5, 5.41) is 3.07. The molecule has 1 N–H and O–H groups in total. The van der Waals surface area contributed by atoms with Crippen molar-refractivity contribution < 1.29 is 13.2 Å². The van der Waals surface area contributed by atoms with Crippen molar-refractivity contribution >= 4 is 15.7 Å². The van der Waals surface area contributed by atoms with Gasteiger partial charge in [-0.1, -0.05) is 0 Å². The molecule has 1 aliphatic heterocycles. The summed E-state index contributed by atoms with van der Waals surface area (Å²) in [5.74, 6) is 0. The fraction of sp³-hybridized carbons (Fsp3) is 0.615. The summed E-state index contributed by atoms with van der Waals surface area (Å²) in [6.07, 6.45) is 2.81. The molecular weight excluding hydrogens is 278 g/mol. The van der Waals surface area contributed by atoms with Crippen LogP contribution in [0.5, 0.6) is 0 Å². The molecule has 0 saturated carbocycles. The van der Waals surface area contributed by atoms with Crippen molar-refractivity contribution in [3.63, 3.8) is 0 Å². The minimum atomic E-state index is -3.52. The van der Waals surface area contributed by atoms with Gasteiger partial charge in [0.2, 0.25) is 10.0 Å². The van der Waals surface area contributed by atoms with E-state index in [0.29, 0.717) is 18.8 Å². The number of hydrogen-bond donors (Lipinski definition) is 1. The summed E-state index contributed by atoms with van der Waals surface area (Å²) in [4.78, 5) is 4.22. The molecule has 2 heterocycles. The molecule has 1 saturated heterocycles. The Hall–Kier alpha value is -1.18. The van der Waals surface area contributed by atoms with Crippen molar-refractivity contribution in [2.45, 2.75) is 37.9 Å². The van der Waals surface area contributed by atoms with Crippen LogP contribution in [0.1, 0.15) is 20.8 Å². The van der Waals surface area contributed by atoms with Gasteiger partial charge in [0.25, 0.3) is 0 Å². The molecule has 0 spiro atoms. The van der Waals surface area contributed by atoms with Crippen LogP contribution >= 0.6 is 0 Å². The lowest BCUT2D eigenvalue weighted by molar-refractivity contribution is -0.0440. The molecule has 1 aliphatic rings. The minimum absolute atomic E-state index is 0.0987. The Balaban J connectivity index is 2.27. The number of anilines is 1. The van der Waals surface area contributed by atoms with Crippen LogP contribution in [0.3, 0.4) is 0 Å². The molecule has 7 heteroatoms. The molecule has 6 nitrogen and oxygen atoms in total. The third kappa shape index (κ3) is 3.28. The predicted molar refractivity (Wildman–Crippen MR) is 77.2 cm³/mol. The van der Waals surface area contributed by atoms with E-state index in [2.05, 4.69) is 10.3 Å². The van der Waals surface area contributed by atoms with E-state index in [9.17, 15) is 8.42 Å². The van der Waals surface area contributed by atoms with E-state index in [0.717, 1.165) is 6.54 Å². The van der Waals surface area contributed by atoms with E-state index in [4.69, 9.17) is 4.74 Å². The molecule has 2 atom stereocenters. The first-order valence-corrected chi connectivity index (χ1v) is 8.22. The first-order valence-electron chi connectivity index (χ1n) is 6.78. The van der Waals surface area contributed by atoms with E-state index in [1.165, 1.54) is 10.5 Å². The lowest BCUT2D eigenvalue weighted by Gasteiger charge is -2.34. The Bertz CT molecular complexity index is 552. The number of nitrogens with one attached hydrogen (secondary N) is 1. The molecule has 0 radical (unpaired) electrons. The van der Waals surface area contributed by atoms with Crippen LogP contribution in [0.25, 0.3) is 0 Å². The zero-order valence-electron chi connectivity index (χ0n) is 12.0. The second-order valence-electron chi connectivity index (χ2n) is 5.02. The van der Waals surface area contributed by atoms with Crippen molar-refractivity contribution in [2.75, 3.05) is 25.0 Å². The van der Waals surface area contributed by atoms with Crippen molar-refractivity contribution in [1.82, 2.24) is 9.29 Å². The molecule has 0 aromatic carbocycles. The number of nitrogens with zero attached hydrogens (tertiary/aromatic N) is 2. The third-order valence-corrected chi connectivity index (χ3v) is 4.91. The zero-order chi connectivity index (χ0) is 14.8. The van der Waals surface area contributed by atoms with Gasteiger partial charge in [-0.05, 0) is 26.8 Å². The van der Waals surface area contributed by atoms with Crippen LogP contribution in [-0.4, -0.2) is 49.5 Å². The fourth-order valence-corrected chi connectivity index (χ4v) is 3.92. The summed E-state index contributed by atoms with van der Waals surface area (Å²) in [5.41, 5.74) is 0.711. The van der Waals surface area contributed by atoms with Gasteiger partial charge in [0.15, 0.2) is 0 Å². The summed E-state index contributed by atoms with van der Waals surface area (Å²) < 4.78 is 32.3. The molecule has 112 valence electrons. The fourth-order valence-electron chi connectivity index (χ4n) is 2.34. The first-order chi connectivity index (χ1) is 9.43. The van der Waals surface area contributed by atoms with Gasteiger partial charge in [0, 0.05) is 25.8 Å². The molecule has 2 unspecified atom stereocenters. The Morgan fingerprint density at radius 3 is 2.60 bits per heavy atom. The van der Waals surface area contributed by atoms with Crippen molar-refractivity contribution in [3.05, 3.63) is 18.5 Å². The van der Waals surface area contributed by atoms with E-state index in [1.807, 2.05) is 20.8 Å². The Kier molecular flexibility index (Phi) is 4.62. The number of rotatable bonds is 4. The number of sulfonamides is 1. The molecule has 1 aromatic rings. The summed E-state index contributed by atoms with van der Waals surface area (Å²) in [6.45, 7) is 7.18. The molecule has 0 amide bonds. The SMILES string of the molecule is CCNc1cncc(S(=O)(=O)N2CC(C)OC(C)C2)c1. The normalized spacial score (nSPS) is 24.6. The lowest BCUT2D eigenvalue weighted by Crippen LogP contribution is -2.48. The quantitative estimate of drug-likeness (QED) is 0.907. The molecule has 2 rings (SSSR count). The summed E-state index contributed by atoms with van der Waals surface area (Å²) in [6, 6.07) is 1.62. The first kappa shape index (κ1) is 15.2. The van der Waals surface area contributed by atoms with E-state index in [1.54, 1.807) is 12.3 Å². The van der Waals surface area contributed by atoms with Gasteiger partial charge in [-0.15, -0.1) is 0 Å². The zero-order valence-corrected chi connectivity index (χ0v) is 12.9. The molecule has 1 aromatic heterocycles. The molecule has 1 fully saturated rings. The van der Waals surface area contributed by atoms with Gasteiger partial charge < -0.3 is 10.1 Å². The number of ether oxygens (including phenoxy) is 1. The maximum Gasteiger partial charge on any atom is 0.244 e. The van der Waals surface area contributed by atoms with Crippen LogP contribution in [0.15, 0.2) is 23.4 Å². The van der Waals surface area contributed by atoms with Gasteiger partial charge in [0.1, 0.15) is 4.90 Å². The van der Waals surface area contributed by atoms with Crippen LogP contribution in [0.4, 0.5) is 5.69 Å². The highest BCUT2D eigenvalue weighted by Crippen LogP contribution is 2.22.